The van der Waals surface area contributed by atoms with Crippen molar-refractivity contribution in [2.24, 2.45) is 5.73 Å². The maximum atomic E-state index is 5.86. The van der Waals surface area contributed by atoms with Gasteiger partial charge in [-0.05, 0) is 24.2 Å². The van der Waals surface area contributed by atoms with Gasteiger partial charge in [0.15, 0.2) is 4.96 Å². The molecular weight excluding hydrogens is 304 g/mol. The molecule has 0 aliphatic heterocycles. The van der Waals surface area contributed by atoms with E-state index >= 15 is 0 Å². The Labute approximate surface area is 138 Å². The van der Waals surface area contributed by atoms with Gasteiger partial charge in [0, 0.05) is 18.0 Å². The fourth-order valence-corrected chi connectivity index (χ4v) is 3.72. The lowest BCUT2D eigenvalue weighted by Crippen LogP contribution is -2.07. The van der Waals surface area contributed by atoms with Crippen LogP contribution < -0.4 is 5.73 Å². The van der Waals surface area contributed by atoms with Crippen LogP contribution in [0.1, 0.15) is 5.69 Å². The van der Waals surface area contributed by atoms with Crippen molar-refractivity contribution in [3.05, 3.63) is 65.8 Å². The smallest absolute Gasteiger partial charge is 0.195 e. The van der Waals surface area contributed by atoms with Crippen molar-refractivity contribution in [2.75, 3.05) is 6.54 Å². The van der Waals surface area contributed by atoms with E-state index in [1.54, 1.807) is 17.5 Å². The van der Waals surface area contributed by atoms with E-state index in [0.717, 1.165) is 34.2 Å². The molecule has 0 amide bonds. The average Bonchev–Trinajstić information content (AvgIpc) is 3.17. The van der Waals surface area contributed by atoms with Gasteiger partial charge in [0.2, 0.25) is 0 Å². The normalized spacial score (nSPS) is 11.2. The van der Waals surface area contributed by atoms with Crippen LogP contribution in [0.25, 0.3) is 27.6 Å². The molecule has 5 heteroatoms. The number of benzene rings is 1. The molecule has 0 unspecified atom stereocenters. The lowest BCUT2D eigenvalue weighted by Gasteiger charge is -2.06. The monoisotopic (exact) mass is 320 g/mol. The van der Waals surface area contributed by atoms with Crippen LogP contribution in [0.5, 0.6) is 0 Å². The first kappa shape index (κ1) is 14.1. The van der Waals surface area contributed by atoms with Crippen molar-refractivity contribution >= 4 is 16.3 Å². The summed E-state index contributed by atoms with van der Waals surface area (Å²) in [7, 11) is 0. The van der Waals surface area contributed by atoms with E-state index in [0.29, 0.717) is 6.54 Å². The van der Waals surface area contributed by atoms with Crippen LogP contribution in [0.3, 0.4) is 0 Å². The van der Waals surface area contributed by atoms with Gasteiger partial charge in [0.25, 0.3) is 0 Å². The van der Waals surface area contributed by atoms with Crippen LogP contribution in [0.15, 0.2) is 60.1 Å². The highest BCUT2D eigenvalue weighted by Gasteiger charge is 2.18. The molecule has 0 saturated heterocycles. The summed E-state index contributed by atoms with van der Waals surface area (Å²) in [6.45, 7) is 0.581. The van der Waals surface area contributed by atoms with Gasteiger partial charge in [-0.25, -0.2) is 4.98 Å². The fourth-order valence-electron chi connectivity index (χ4n) is 2.80. The maximum absolute atomic E-state index is 5.86. The van der Waals surface area contributed by atoms with Crippen molar-refractivity contribution in [3.8, 4) is 22.6 Å². The Hall–Kier alpha value is -2.50. The predicted octanol–water partition coefficient (Wildman–Crippen LogP) is 3.63. The quantitative estimate of drug-likeness (QED) is 0.625. The highest BCUT2D eigenvalue weighted by Crippen LogP contribution is 2.32. The second-order valence-corrected chi connectivity index (χ2v) is 6.10. The molecule has 4 nitrogen and oxygen atoms in total. The first-order valence-corrected chi connectivity index (χ1v) is 8.42. The van der Waals surface area contributed by atoms with Crippen LogP contribution in [-0.4, -0.2) is 20.9 Å². The summed E-state index contributed by atoms with van der Waals surface area (Å²) in [6, 6.07) is 16.3. The Morgan fingerprint density at radius 1 is 1.04 bits per heavy atom. The van der Waals surface area contributed by atoms with Crippen molar-refractivity contribution in [1.82, 2.24) is 14.4 Å². The molecule has 0 bridgehead atoms. The summed E-state index contributed by atoms with van der Waals surface area (Å²) in [5, 5.41) is 2.15. The van der Waals surface area contributed by atoms with E-state index in [1.165, 1.54) is 5.56 Å². The zero-order chi connectivity index (χ0) is 15.6. The lowest BCUT2D eigenvalue weighted by atomic mass is 10.1. The number of aromatic nitrogens is 3. The number of imidazole rings is 1. The standard InChI is InChI=1S/C18H16N4S/c19-10-9-15-17(14-8-4-5-11-20-14)21-18-22(15)16(12-23-18)13-6-2-1-3-7-13/h1-8,11-12H,9-10,19H2. The molecule has 0 saturated carbocycles. The Bertz CT molecular complexity index is 926. The van der Waals surface area contributed by atoms with Gasteiger partial charge in [-0.1, -0.05) is 36.4 Å². The van der Waals surface area contributed by atoms with Crippen LogP contribution in [0.4, 0.5) is 0 Å². The van der Waals surface area contributed by atoms with Crippen molar-refractivity contribution in [3.63, 3.8) is 0 Å². The second-order valence-electron chi connectivity index (χ2n) is 5.27. The van der Waals surface area contributed by atoms with E-state index in [-0.39, 0.29) is 0 Å². The van der Waals surface area contributed by atoms with Crippen LogP contribution in [0.2, 0.25) is 0 Å². The van der Waals surface area contributed by atoms with E-state index in [4.69, 9.17) is 10.7 Å². The molecule has 0 fully saturated rings. The number of rotatable bonds is 4. The number of fused-ring (bicyclic) bond motifs is 1. The molecule has 114 valence electrons. The second kappa shape index (κ2) is 5.95. The van der Waals surface area contributed by atoms with Gasteiger partial charge < -0.3 is 5.73 Å². The molecule has 0 aliphatic rings. The fraction of sp³-hybridized carbons (Fsp3) is 0.111. The summed E-state index contributed by atoms with van der Waals surface area (Å²) in [6.07, 6.45) is 2.57. The number of nitrogens with zero attached hydrogens (tertiary/aromatic N) is 3. The first-order valence-electron chi connectivity index (χ1n) is 7.54. The topological polar surface area (TPSA) is 56.2 Å². The summed E-state index contributed by atoms with van der Waals surface area (Å²) >= 11 is 1.65. The largest absolute Gasteiger partial charge is 0.330 e. The molecule has 0 atom stereocenters. The van der Waals surface area contributed by atoms with Gasteiger partial charge in [0.05, 0.1) is 17.1 Å². The van der Waals surface area contributed by atoms with Gasteiger partial charge in [0.1, 0.15) is 5.69 Å². The van der Waals surface area contributed by atoms with E-state index in [2.05, 4.69) is 39.0 Å². The Morgan fingerprint density at radius 2 is 1.87 bits per heavy atom. The zero-order valence-corrected chi connectivity index (χ0v) is 13.3. The SMILES string of the molecule is NCCc1c(-c2ccccn2)nc2scc(-c3ccccc3)n12. The Kier molecular flexibility index (Phi) is 3.65. The molecular formula is C18H16N4S. The van der Waals surface area contributed by atoms with E-state index < -0.39 is 0 Å². The van der Waals surface area contributed by atoms with E-state index in [1.807, 2.05) is 24.3 Å². The van der Waals surface area contributed by atoms with Gasteiger partial charge >= 0.3 is 0 Å². The molecule has 3 heterocycles. The van der Waals surface area contributed by atoms with Gasteiger partial charge in [-0.3, -0.25) is 9.38 Å². The summed E-state index contributed by atoms with van der Waals surface area (Å²) in [4.78, 5) is 10.2. The maximum Gasteiger partial charge on any atom is 0.195 e. The molecule has 3 aromatic heterocycles. The Balaban J connectivity index is 1.97. The Morgan fingerprint density at radius 3 is 2.61 bits per heavy atom. The zero-order valence-electron chi connectivity index (χ0n) is 12.5. The predicted molar refractivity (Wildman–Crippen MR) is 94.5 cm³/mol. The van der Waals surface area contributed by atoms with Crippen LogP contribution in [0, 0.1) is 0 Å². The molecule has 0 spiro atoms. The molecule has 4 aromatic rings. The first-order chi connectivity index (χ1) is 11.4. The summed E-state index contributed by atoms with van der Waals surface area (Å²) < 4.78 is 2.22. The number of hydrogen-bond donors (Lipinski definition) is 1. The average molecular weight is 320 g/mol. The number of nitrogens with two attached hydrogens (primary N) is 1. The number of pyridine rings is 1. The van der Waals surface area contributed by atoms with E-state index in [9.17, 15) is 0 Å². The molecule has 2 N–H and O–H groups in total. The highest BCUT2D eigenvalue weighted by atomic mass is 32.1. The lowest BCUT2D eigenvalue weighted by molar-refractivity contribution is 0.912. The third kappa shape index (κ3) is 2.44. The summed E-state index contributed by atoms with van der Waals surface area (Å²) in [5.41, 5.74) is 11.1. The van der Waals surface area contributed by atoms with Crippen molar-refractivity contribution in [2.45, 2.75) is 6.42 Å². The third-order valence-electron chi connectivity index (χ3n) is 3.82. The molecule has 4 rings (SSSR count). The molecule has 0 radical (unpaired) electrons. The summed E-state index contributed by atoms with van der Waals surface area (Å²) in [5.74, 6) is 0. The van der Waals surface area contributed by atoms with Gasteiger partial charge in [-0.2, -0.15) is 0 Å². The highest BCUT2D eigenvalue weighted by molar-refractivity contribution is 7.15. The minimum absolute atomic E-state index is 0.581. The van der Waals surface area contributed by atoms with Crippen molar-refractivity contribution < 1.29 is 0 Å². The number of hydrogen-bond acceptors (Lipinski definition) is 4. The third-order valence-corrected chi connectivity index (χ3v) is 4.64. The minimum Gasteiger partial charge on any atom is -0.330 e. The minimum atomic E-state index is 0.581. The van der Waals surface area contributed by atoms with Crippen molar-refractivity contribution in [1.29, 1.82) is 0 Å². The molecule has 0 aliphatic carbocycles. The molecule has 23 heavy (non-hydrogen) atoms. The molecule has 1 aromatic carbocycles. The number of thiazole rings is 1. The van der Waals surface area contributed by atoms with Crippen LogP contribution >= 0.6 is 11.3 Å². The van der Waals surface area contributed by atoms with Gasteiger partial charge in [-0.15, -0.1) is 11.3 Å². The van der Waals surface area contributed by atoms with Crippen LogP contribution in [-0.2, 0) is 6.42 Å².